The van der Waals surface area contributed by atoms with Crippen LogP contribution in [-0.4, -0.2) is 24.1 Å². The van der Waals surface area contributed by atoms with Crippen LogP contribution in [-0.2, 0) is 0 Å². The Morgan fingerprint density at radius 2 is 1.64 bits per heavy atom. The van der Waals surface area contributed by atoms with Crippen molar-refractivity contribution in [2.24, 2.45) is 5.73 Å². The normalized spacial score (nSPS) is 14.4. The lowest BCUT2D eigenvalue weighted by Crippen LogP contribution is -2.40. The average Bonchev–Trinajstić information content (AvgIpc) is 2.83. The van der Waals surface area contributed by atoms with Crippen molar-refractivity contribution in [3.63, 3.8) is 0 Å². The van der Waals surface area contributed by atoms with Crippen LogP contribution < -0.4 is 10.6 Å². The van der Waals surface area contributed by atoms with Gasteiger partial charge in [-0.15, -0.1) is 0 Å². The second-order valence-electron chi connectivity index (χ2n) is 8.39. The lowest BCUT2D eigenvalue weighted by atomic mass is 9.95. The summed E-state index contributed by atoms with van der Waals surface area (Å²) in [6.07, 6.45) is 3.35. The van der Waals surface area contributed by atoms with E-state index in [4.69, 9.17) is 5.73 Å². The number of halogens is 2. The van der Waals surface area contributed by atoms with E-state index in [-0.39, 0.29) is 6.04 Å². The Hall–Kier alpha value is -3.82. The molecular formula is C27H22F2N4. The second kappa shape index (κ2) is 8.61. The maximum absolute atomic E-state index is 14.1. The Balaban J connectivity index is 1.76. The molecule has 0 atom stereocenters. The summed E-state index contributed by atoms with van der Waals surface area (Å²) in [6, 6.07) is 19.3. The molecule has 0 bridgehead atoms. The standard InChI is InChI=1S/C27H22F2N4/c28-20-11-19(12-21(29)14-20)25-16-32-26-6-5-17(23-4-2-1-3-18(23)15-30)13-24(26)27(25)33-9-7-22(31)8-10-33/h1-6,11-14,16,22H,7-10,31H2. The van der Waals surface area contributed by atoms with Crippen LogP contribution in [0.3, 0.4) is 0 Å². The molecule has 0 unspecified atom stereocenters. The SMILES string of the molecule is N#Cc1ccccc1-c1ccc2ncc(-c3cc(F)cc(F)c3)c(N3CCC(N)CC3)c2c1. The van der Waals surface area contributed by atoms with Gasteiger partial charge in [0.1, 0.15) is 11.6 Å². The highest BCUT2D eigenvalue weighted by atomic mass is 19.1. The molecule has 164 valence electrons. The summed E-state index contributed by atoms with van der Waals surface area (Å²) >= 11 is 0. The number of fused-ring (bicyclic) bond motifs is 1. The van der Waals surface area contributed by atoms with Crippen LogP contribution in [0.15, 0.2) is 66.9 Å². The zero-order valence-corrected chi connectivity index (χ0v) is 17.9. The highest BCUT2D eigenvalue weighted by Gasteiger charge is 2.23. The molecule has 1 fully saturated rings. The molecule has 1 aliphatic heterocycles. The number of aromatic nitrogens is 1. The number of hydrogen-bond acceptors (Lipinski definition) is 4. The summed E-state index contributed by atoms with van der Waals surface area (Å²) in [5.74, 6) is -1.26. The fourth-order valence-electron chi connectivity index (χ4n) is 4.56. The summed E-state index contributed by atoms with van der Waals surface area (Å²) in [5.41, 5.74) is 11.2. The number of hydrogen-bond donors (Lipinski definition) is 1. The van der Waals surface area contributed by atoms with E-state index in [9.17, 15) is 14.0 Å². The van der Waals surface area contributed by atoms with E-state index in [1.165, 1.54) is 12.1 Å². The number of benzene rings is 3. The number of pyridine rings is 1. The first kappa shape index (κ1) is 21.0. The van der Waals surface area contributed by atoms with Gasteiger partial charge in [-0.3, -0.25) is 4.98 Å². The Morgan fingerprint density at radius 3 is 2.36 bits per heavy atom. The van der Waals surface area contributed by atoms with Crippen LogP contribution in [0.2, 0.25) is 0 Å². The van der Waals surface area contributed by atoms with E-state index in [0.29, 0.717) is 16.7 Å². The van der Waals surface area contributed by atoms with Gasteiger partial charge in [0, 0.05) is 42.3 Å². The fraction of sp³-hybridized carbons (Fsp3) is 0.185. The van der Waals surface area contributed by atoms with Crippen molar-refractivity contribution in [2.75, 3.05) is 18.0 Å². The first-order chi connectivity index (χ1) is 16.0. The maximum atomic E-state index is 14.1. The van der Waals surface area contributed by atoms with Gasteiger partial charge in [-0.2, -0.15) is 5.26 Å². The predicted molar refractivity (Wildman–Crippen MR) is 127 cm³/mol. The van der Waals surface area contributed by atoms with Gasteiger partial charge in [0.2, 0.25) is 0 Å². The molecule has 6 heteroatoms. The highest BCUT2D eigenvalue weighted by molar-refractivity contribution is 6.02. The van der Waals surface area contributed by atoms with Crippen molar-refractivity contribution in [3.05, 3.63) is 84.1 Å². The molecule has 3 aromatic carbocycles. The van der Waals surface area contributed by atoms with E-state index < -0.39 is 11.6 Å². The number of nitrogens with zero attached hydrogens (tertiary/aromatic N) is 3. The molecule has 0 amide bonds. The fourth-order valence-corrected chi connectivity index (χ4v) is 4.56. The van der Waals surface area contributed by atoms with Crippen molar-refractivity contribution in [3.8, 4) is 28.3 Å². The van der Waals surface area contributed by atoms with Crippen LogP contribution in [0, 0.1) is 23.0 Å². The number of piperidine rings is 1. The van der Waals surface area contributed by atoms with Crippen molar-refractivity contribution in [2.45, 2.75) is 18.9 Å². The van der Waals surface area contributed by atoms with E-state index in [1.54, 1.807) is 12.3 Å². The number of rotatable bonds is 3. The van der Waals surface area contributed by atoms with Gasteiger partial charge in [-0.25, -0.2) is 8.78 Å². The van der Waals surface area contributed by atoms with E-state index in [0.717, 1.165) is 59.7 Å². The Labute approximate surface area is 190 Å². The summed E-state index contributed by atoms with van der Waals surface area (Å²) in [7, 11) is 0. The maximum Gasteiger partial charge on any atom is 0.126 e. The van der Waals surface area contributed by atoms with Crippen molar-refractivity contribution < 1.29 is 8.78 Å². The van der Waals surface area contributed by atoms with Crippen LogP contribution in [0.1, 0.15) is 18.4 Å². The molecule has 1 saturated heterocycles. The zero-order chi connectivity index (χ0) is 22.9. The van der Waals surface area contributed by atoms with E-state index in [2.05, 4.69) is 16.0 Å². The topological polar surface area (TPSA) is 65.9 Å². The van der Waals surface area contributed by atoms with Crippen LogP contribution >= 0.6 is 0 Å². The molecule has 2 heterocycles. The van der Waals surface area contributed by atoms with Gasteiger partial charge in [0.15, 0.2) is 0 Å². The molecule has 0 spiro atoms. The zero-order valence-electron chi connectivity index (χ0n) is 17.9. The number of nitrogens with two attached hydrogens (primary N) is 1. The molecular weight excluding hydrogens is 418 g/mol. The molecule has 0 aliphatic carbocycles. The summed E-state index contributed by atoms with van der Waals surface area (Å²) in [4.78, 5) is 6.83. The number of anilines is 1. The second-order valence-corrected chi connectivity index (χ2v) is 8.39. The molecule has 1 aromatic heterocycles. The monoisotopic (exact) mass is 440 g/mol. The van der Waals surface area contributed by atoms with Gasteiger partial charge in [-0.1, -0.05) is 24.3 Å². The average molecular weight is 440 g/mol. The lowest BCUT2D eigenvalue weighted by molar-refractivity contribution is 0.502. The van der Waals surface area contributed by atoms with Crippen molar-refractivity contribution in [1.29, 1.82) is 5.26 Å². The molecule has 1 aliphatic rings. The van der Waals surface area contributed by atoms with Gasteiger partial charge in [0.25, 0.3) is 0 Å². The minimum absolute atomic E-state index is 0.141. The minimum atomic E-state index is -0.631. The lowest BCUT2D eigenvalue weighted by Gasteiger charge is -2.34. The van der Waals surface area contributed by atoms with Crippen LogP contribution in [0.4, 0.5) is 14.5 Å². The summed E-state index contributed by atoms with van der Waals surface area (Å²) < 4.78 is 28.2. The van der Waals surface area contributed by atoms with Crippen LogP contribution in [0.5, 0.6) is 0 Å². The first-order valence-corrected chi connectivity index (χ1v) is 10.9. The third-order valence-corrected chi connectivity index (χ3v) is 6.23. The van der Waals surface area contributed by atoms with Gasteiger partial charge in [-0.05, 0) is 59.9 Å². The van der Waals surface area contributed by atoms with Gasteiger partial charge < -0.3 is 10.6 Å². The van der Waals surface area contributed by atoms with Gasteiger partial charge in [0.05, 0.1) is 22.8 Å². The minimum Gasteiger partial charge on any atom is -0.370 e. The molecule has 2 N–H and O–H groups in total. The molecule has 4 nitrogen and oxygen atoms in total. The number of nitriles is 1. The predicted octanol–water partition coefficient (Wildman–Crippen LogP) is 5.65. The molecule has 4 aromatic rings. The van der Waals surface area contributed by atoms with Crippen molar-refractivity contribution >= 4 is 16.6 Å². The highest BCUT2D eigenvalue weighted by Crippen LogP contribution is 2.40. The molecule has 33 heavy (non-hydrogen) atoms. The third-order valence-electron chi connectivity index (χ3n) is 6.23. The Morgan fingerprint density at radius 1 is 0.909 bits per heavy atom. The van der Waals surface area contributed by atoms with E-state index in [1.807, 2.05) is 36.4 Å². The third kappa shape index (κ3) is 4.04. The molecule has 0 radical (unpaired) electrons. The molecule has 0 saturated carbocycles. The van der Waals surface area contributed by atoms with Crippen molar-refractivity contribution in [1.82, 2.24) is 4.98 Å². The quantitative estimate of drug-likeness (QED) is 0.447. The smallest absolute Gasteiger partial charge is 0.126 e. The summed E-state index contributed by atoms with van der Waals surface area (Å²) in [6.45, 7) is 1.48. The first-order valence-electron chi connectivity index (χ1n) is 10.9. The molecule has 5 rings (SSSR count). The van der Waals surface area contributed by atoms with E-state index >= 15 is 0 Å². The summed E-state index contributed by atoms with van der Waals surface area (Å²) in [5, 5.41) is 10.4. The Kier molecular flexibility index (Phi) is 5.49. The Bertz CT molecular complexity index is 1360. The van der Waals surface area contributed by atoms with Gasteiger partial charge >= 0.3 is 0 Å². The van der Waals surface area contributed by atoms with Crippen LogP contribution in [0.25, 0.3) is 33.2 Å². The largest absolute Gasteiger partial charge is 0.370 e.